The van der Waals surface area contributed by atoms with Crippen LogP contribution < -0.4 is 5.32 Å². The van der Waals surface area contributed by atoms with Gasteiger partial charge in [-0.25, -0.2) is 4.79 Å². The van der Waals surface area contributed by atoms with E-state index in [-0.39, 0.29) is 11.9 Å². The standard InChI is InChI=1S/C19H29N5O2/c1-22-17(14-7-8-14)16(13-20-22)18(25)23-9-11-24(12-10-23)19(26)21-15-5-3-2-4-6-15/h13-15H,2-12H2,1H3,(H,21,26). The molecule has 1 saturated heterocycles. The summed E-state index contributed by atoms with van der Waals surface area (Å²) in [6.07, 6.45) is 9.89. The van der Waals surface area contributed by atoms with Gasteiger partial charge < -0.3 is 15.1 Å². The average Bonchev–Trinajstić information content (AvgIpc) is 3.43. The van der Waals surface area contributed by atoms with Gasteiger partial charge >= 0.3 is 6.03 Å². The Balaban J connectivity index is 1.32. The fourth-order valence-corrected chi connectivity index (χ4v) is 4.25. The van der Waals surface area contributed by atoms with E-state index < -0.39 is 0 Å². The van der Waals surface area contributed by atoms with Gasteiger partial charge in [0.2, 0.25) is 0 Å². The molecule has 3 amide bonds. The van der Waals surface area contributed by atoms with Gasteiger partial charge in [-0.05, 0) is 25.7 Å². The van der Waals surface area contributed by atoms with E-state index in [1.165, 1.54) is 19.3 Å². The van der Waals surface area contributed by atoms with Crippen LogP contribution in [0.25, 0.3) is 0 Å². The monoisotopic (exact) mass is 359 g/mol. The van der Waals surface area contributed by atoms with E-state index in [9.17, 15) is 9.59 Å². The van der Waals surface area contributed by atoms with Crippen LogP contribution in [0.1, 0.15) is 66.9 Å². The Labute approximate surface area is 154 Å². The highest BCUT2D eigenvalue weighted by Crippen LogP contribution is 2.41. The topological polar surface area (TPSA) is 70.5 Å². The molecule has 0 atom stereocenters. The third-order valence-corrected chi connectivity index (χ3v) is 5.97. The Hall–Kier alpha value is -2.05. The quantitative estimate of drug-likeness (QED) is 0.898. The Kier molecular flexibility index (Phi) is 4.87. The van der Waals surface area contributed by atoms with Crippen molar-refractivity contribution in [2.45, 2.75) is 56.9 Å². The van der Waals surface area contributed by atoms with Gasteiger partial charge in [0.15, 0.2) is 0 Å². The molecule has 7 heteroatoms. The fourth-order valence-electron chi connectivity index (χ4n) is 4.25. The highest BCUT2D eigenvalue weighted by molar-refractivity contribution is 5.95. The molecule has 3 fully saturated rings. The third kappa shape index (κ3) is 3.57. The average molecular weight is 359 g/mol. The Bertz CT molecular complexity index is 667. The molecule has 2 saturated carbocycles. The second-order valence-corrected chi connectivity index (χ2v) is 7.91. The first-order valence-corrected chi connectivity index (χ1v) is 10.00. The maximum Gasteiger partial charge on any atom is 0.317 e. The molecule has 0 aromatic carbocycles. The minimum atomic E-state index is 0.0315. The summed E-state index contributed by atoms with van der Waals surface area (Å²) in [5.41, 5.74) is 1.82. The van der Waals surface area contributed by atoms with Crippen LogP contribution in [0.2, 0.25) is 0 Å². The van der Waals surface area contributed by atoms with Crippen LogP contribution in [0.5, 0.6) is 0 Å². The van der Waals surface area contributed by atoms with Gasteiger partial charge in [-0.2, -0.15) is 5.10 Å². The molecule has 2 heterocycles. The van der Waals surface area contributed by atoms with Crippen molar-refractivity contribution in [3.63, 3.8) is 0 Å². The zero-order valence-corrected chi connectivity index (χ0v) is 15.6. The van der Waals surface area contributed by atoms with Gasteiger partial charge in [0.05, 0.1) is 17.5 Å². The number of nitrogens with one attached hydrogen (secondary N) is 1. The highest BCUT2D eigenvalue weighted by atomic mass is 16.2. The number of hydrogen-bond acceptors (Lipinski definition) is 3. The summed E-state index contributed by atoms with van der Waals surface area (Å²) in [5, 5.41) is 7.47. The van der Waals surface area contributed by atoms with Gasteiger partial charge in [-0.3, -0.25) is 9.48 Å². The van der Waals surface area contributed by atoms with E-state index >= 15 is 0 Å². The van der Waals surface area contributed by atoms with Gasteiger partial charge in [0, 0.05) is 45.2 Å². The van der Waals surface area contributed by atoms with Crippen molar-refractivity contribution in [3.8, 4) is 0 Å². The molecule has 1 aromatic heterocycles. The lowest BCUT2D eigenvalue weighted by Crippen LogP contribution is -2.54. The molecule has 26 heavy (non-hydrogen) atoms. The zero-order valence-electron chi connectivity index (χ0n) is 15.6. The van der Waals surface area contributed by atoms with Gasteiger partial charge in [-0.15, -0.1) is 0 Å². The largest absolute Gasteiger partial charge is 0.335 e. The first-order chi connectivity index (χ1) is 12.6. The van der Waals surface area contributed by atoms with Crippen LogP contribution in [-0.2, 0) is 7.05 Å². The molecule has 3 aliphatic rings. The maximum atomic E-state index is 12.9. The van der Waals surface area contributed by atoms with Crippen LogP contribution in [0.15, 0.2) is 6.20 Å². The molecule has 0 unspecified atom stereocenters. The molecule has 1 aliphatic heterocycles. The number of carbonyl (C=O) groups excluding carboxylic acids is 2. The zero-order chi connectivity index (χ0) is 18.1. The minimum Gasteiger partial charge on any atom is -0.335 e. The molecule has 1 aromatic rings. The second-order valence-electron chi connectivity index (χ2n) is 7.91. The predicted octanol–water partition coefficient (Wildman–Crippen LogP) is 2.10. The summed E-state index contributed by atoms with van der Waals surface area (Å²) in [6, 6.07) is 0.358. The highest BCUT2D eigenvalue weighted by Gasteiger charge is 2.34. The Morgan fingerprint density at radius 1 is 1.00 bits per heavy atom. The summed E-state index contributed by atoms with van der Waals surface area (Å²) in [6.45, 7) is 2.39. The molecule has 0 bridgehead atoms. The van der Waals surface area contributed by atoms with Crippen LogP contribution in [0.3, 0.4) is 0 Å². The van der Waals surface area contributed by atoms with Crippen molar-refractivity contribution in [2.24, 2.45) is 7.05 Å². The molecule has 0 spiro atoms. The molecule has 7 nitrogen and oxygen atoms in total. The molecule has 4 rings (SSSR count). The van der Waals surface area contributed by atoms with Crippen molar-refractivity contribution in [1.29, 1.82) is 0 Å². The number of carbonyl (C=O) groups is 2. The van der Waals surface area contributed by atoms with E-state index in [1.807, 2.05) is 21.5 Å². The summed E-state index contributed by atoms with van der Waals surface area (Å²) in [4.78, 5) is 29.1. The van der Waals surface area contributed by atoms with Crippen LogP contribution in [-0.4, -0.2) is 63.7 Å². The van der Waals surface area contributed by atoms with Crippen LogP contribution in [0.4, 0.5) is 4.79 Å². The number of amides is 3. The maximum absolute atomic E-state index is 12.9. The summed E-state index contributed by atoms with van der Waals surface area (Å²) in [7, 11) is 1.91. The number of aromatic nitrogens is 2. The molecule has 2 aliphatic carbocycles. The van der Waals surface area contributed by atoms with E-state index in [0.29, 0.717) is 38.1 Å². The number of piperazine rings is 1. The number of nitrogens with zero attached hydrogens (tertiary/aromatic N) is 4. The first kappa shape index (κ1) is 17.4. The molecule has 0 radical (unpaired) electrons. The van der Waals surface area contributed by atoms with E-state index in [0.717, 1.165) is 36.9 Å². The minimum absolute atomic E-state index is 0.0315. The van der Waals surface area contributed by atoms with Crippen molar-refractivity contribution in [2.75, 3.05) is 26.2 Å². The number of urea groups is 1. The lowest BCUT2D eigenvalue weighted by atomic mass is 9.96. The van der Waals surface area contributed by atoms with E-state index in [1.54, 1.807) is 6.20 Å². The summed E-state index contributed by atoms with van der Waals surface area (Å²) < 4.78 is 1.85. The summed E-state index contributed by atoms with van der Waals surface area (Å²) >= 11 is 0. The van der Waals surface area contributed by atoms with Crippen molar-refractivity contribution in [1.82, 2.24) is 24.9 Å². The van der Waals surface area contributed by atoms with Gasteiger partial charge in [-0.1, -0.05) is 19.3 Å². The van der Waals surface area contributed by atoms with E-state index in [2.05, 4.69) is 10.4 Å². The van der Waals surface area contributed by atoms with Crippen molar-refractivity contribution >= 4 is 11.9 Å². The van der Waals surface area contributed by atoms with Crippen LogP contribution >= 0.6 is 0 Å². The normalized spacial score (nSPS) is 21.7. The van der Waals surface area contributed by atoms with Crippen LogP contribution in [0, 0.1) is 0 Å². The Morgan fingerprint density at radius 2 is 1.65 bits per heavy atom. The number of hydrogen-bond donors (Lipinski definition) is 1. The number of aryl methyl sites for hydroxylation is 1. The summed E-state index contributed by atoms with van der Waals surface area (Å²) in [5.74, 6) is 0.552. The SMILES string of the molecule is Cn1ncc(C(=O)N2CCN(C(=O)NC3CCCCC3)CC2)c1C1CC1. The fraction of sp³-hybridized carbons (Fsp3) is 0.737. The smallest absolute Gasteiger partial charge is 0.317 e. The second kappa shape index (κ2) is 7.29. The van der Waals surface area contributed by atoms with Gasteiger partial charge in [0.1, 0.15) is 0 Å². The predicted molar refractivity (Wildman–Crippen MR) is 98.1 cm³/mol. The molecular formula is C19H29N5O2. The number of rotatable bonds is 3. The molecular weight excluding hydrogens is 330 g/mol. The Morgan fingerprint density at radius 3 is 2.31 bits per heavy atom. The molecule has 142 valence electrons. The van der Waals surface area contributed by atoms with Crippen molar-refractivity contribution < 1.29 is 9.59 Å². The van der Waals surface area contributed by atoms with Crippen molar-refractivity contribution in [3.05, 3.63) is 17.5 Å². The lowest BCUT2D eigenvalue weighted by molar-refractivity contribution is 0.0661. The first-order valence-electron chi connectivity index (χ1n) is 10.00. The van der Waals surface area contributed by atoms with Gasteiger partial charge in [0.25, 0.3) is 5.91 Å². The molecule has 1 N–H and O–H groups in total. The van der Waals surface area contributed by atoms with E-state index in [4.69, 9.17) is 0 Å². The third-order valence-electron chi connectivity index (χ3n) is 5.97. The lowest BCUT2D eigenvalue weighted by Gasteiger charge is -2.36.